The minimum absolute atomic E-state index is 0.259. The molecule has 0 aliphatic rings. The van der Waals surface area contributed by atoms with Gasteiger partial charge >= 0.3 is 0 Å². The molecule has 0 aliphatic carbocycles. The van der Waals surface area contributed by atoms with Crippen LogP contribution in [0.3, 0.4) is 0 Å². The van der Waals surface area contributed by atoms with Crippen molar-refractivity contribution >= 4 is 21.6 Å². The van der Waals surface area contributed by atoms with E-state index in [1.165, 1.54) is 24.5 Å². The predicted octanol–water partition coefficient (Wildman–Crippen LogP) is 2.05. The molecule has 1 aromatic heterocycles. The second kappa shape index (κ2) is 9.07. The molecular weight excluding hydrogens is 400 g/mol. The number of hydrogen-bond donors (Lipinski definition) is 1. The Hall–Kier alpha value is -2.89. The van der Waals surface area contributed by atoms with Gasteiger partial charge in [-0.25, -0.2) is 13.5 Å². The number of hydroxylamine groups is 2. The second-order valence-corrected chi connectivity index (χ2v) is 8.55. The number of pyridine rings is 1. The summed E-state index contributed by atoms with van der Waals surface area (Å²) in [5.41, 5.74) is -0.121. The molecule has 1 atom stereocenters. The number of benzene rings is 1. The summed E-state index contributed by atoms with van der Waals surface area (Å²) < 4.78 is 27.8. The van der Waals surface area contributed by atoms with Crippen LogP contribution in [0, 0.1) is 16.0 Å². The van der Waals surface area contributed by atoms with E-state index in [0.717, 1.165) is 23.5 Å². The summed E-state index contributed by atoms with van der Waals surface area (Å²) in [6.07, 6.45) is 2.95. The zero-order chi connectivity index (χ0) is 21.8. The van der Waals surface area contributed by atoms with Gasteiger partial charge < -0.3 is 0 Å². The molecule has 0 saturated carbocycles. The average Bonchev–Trinajstić information content (AvgIpc) is 2.67. The van der Waals surface area contributed by atoms with E-state index in [1.807, 2.05) is 0 Å². The second-order valence-electron chi connectivity index (χ2n) is 6.69. The van der Waals surface area contributed by atoms with Crippen molar-refractivity contribution in [2.24, 2.45) is 5.92 Å². The van der Waals surface area contributed by atoms with E-state index in [-0.39, 0.29) is 6.54 Å². The summed E-state index contributed by atoms with van der Waals surface area (Å²) in [5, 5.41) is 21.4. The van der Waals surface area contributed by atoms with E-state index in [9.17, 15) is 28.5 Å². The highest BCUT2D eigenvalue weighted by Crippen LogP contribution is 2.30. The maximum absolute atomic E-state index is 13.5. The molecule has 1 heterocycles. The molecular formula is C18H22N4O6S. The van der Waals surface area contributed by atoms with Gasteiger partial charge in [0.25, 0.3) is 21.6 Å². The van der Waals surface area contributed by atoms with E-state index in [1.54, 1.807) is 26.0 Å². The number of nitrogens with zero attached hydrogens (tertiary/aromatic N) is 4. The fourth-order valence-electron chi connectivity index (χ4n) is 2.89. The monoisotopic (exact) mass is 422 g/mol. The molecule has 1 amide bonds. The topological polar surface area (TPSA) is 134 Å². The van der Waals surface area contributed by atoms with Crippen molar-refractivity contribution in [3.63, 3.8) is 0 Å². The van der Waals surface area contributed by atoms with Gasteiger partial charge in [-0.05, 0) is 23.6 Å². The number of likely N-dealkylation sites (N-methyl/N-ethyl adjacent to an activating group) is 1. The van der Waals surface area contributed by atoms with Gasteiger partial charge in [-0.3, -0.25) is 25.1 Å². The van der Waals surface area contributed by atoms with Crippen LogP contribution in [0.1, 0.15) is 19.4 Å². The van der Waals surface area contributed by atoms with Gasteiger partial charge in [0.15, 0.2) is 4.90 Å². The number of hydrogen-bond acceptors (Lipinski definition) is 7. The fraction of sp³-hybridized carbons (Fsp3) is 0.333. The van der Waals surface area contributed by atoms with E-state index < -0.39 is 43.4 Å². The molecule has 2 rings (SSSR count). The quantitative estimate of drug-likeness (QED) is 0.391. The molecule has 10 nitrogen and oxygen atoms in total. The Labute approximate surface area is 168 Å². The fourth-order valence-corrected chi connectivity index (χ4v) is 4.75. The van der Waals surface area contributed by atoms with Gasteiger partial charge in [-0.15, -0.1) is 0 Å². The average molecular weight is 422 g/mol. The minimum Gasteiger partial charge on any atom is -0.286 e. The lowest BCUT2D eigenvalue weighted by Gasteiger charge is -2.33. The third-order valence-electron chi connectivity index (χ3n) is 4.22. The first-order valence-corrected chi connectivity index (χ1v) is 10.1. The van der Waals surface area contributed by atoms with Crippen LogP contribution in [0.25, 0.3) is 0 Å². The molecule has 29 heavy (non-hydrogen) atoms. The Bertz CT molecular complexity index is 979. The Morgan fingerprint density at radius 1 is 1.24 bits per heavy atom. The van der Waals surface area contributed by atoms with Crippen molar-refractivity contribution in [3.8, 4) is 0 Å². The molecule has 0 aliphatic heterocycles. The standard InChI is InChI=1S/C18H22N4O6S/c1-13(2)17(18(23)20(3)24)21(12-14-7-6-10-19-11-14)29(27,28)16-9-5-4-8-15(16)22(25)26/h4-11,13,17,24H,12H2,1-3H3/t17-/m0/s1. The Balaban J connectivity index is 2.69. The maximum atomic E-state index is 13.5. The zero-order valence-electron chi connectivity index (χ0n) is 16.2. The Kier molecular flexibility index (Phi) is 7.01. The van der Waals surface area contributed by atoms with Crippen LogP contribution in [-0.2, 0) is 21.4 Å². The van der Waals surface area contributed by atoms with E-state index in [4.69, 9.17) is 0 Å². The van der Waals surface area contributed by atoms with Gasteiger partial charge in [0.2, 0.25) is 0 Å². The highest BCUT2D eigenvalue weighted by atomic mass is 32.2. The normalized spacial score (nSPS) is 12.8. The number of sulfonamides is 1. The molecule has 0 radical (unpaired) electrons. The molecule has 0 bridgehead atoms. The number of carbonyl (C=O) groups excluding carboxylic acids is 1. The Morgan fingerprint density at radius 2 is 1.90 bits per heavy atom. The van der Waals surface area contributed by atoms with Crippen LogP contribution in [0.4, 0.5) is 5.69 Å². The number of nitro benzene ring substituents is 1. The third kappa shape index (κ3) is 4.94. The van der Waals surface area contributed by atoms with Crippen molar-refractivity contribution in [2.75, 3.05) is 7.05 Å². The highest BCUT2D eigenvalue weighted by Gasteiger charge is 2.41. The maximum Gasteiger partial charge on any atom is 0.289 e. The first-order chi connectivity index (χ1) is 13.6. The first-order valence-electron chi connectivity index (χ1n) is 8.68. The Morgan fingerprint density at radius 3 is 2.41 bits per heavy atom. The van der Waals surface area contributed by atoms with Gasteiger partial charge in [0.1, 0.15) is 6.04 Å². The molecule has 156 valence electrons. The van der Waals surface area contributed by atoms with Crippen LogP contribution >= 0.6 is 0 Å². The first kappa shape index (κ1) is 22.4. The molecule has 2 aromatic rings. The van der Waals surface area contributed by atoms with Crippen LogP contribution < -0.4 is 0 Å². The van der Waals surface area contributed by atoms with E-state index >= 15 is 0 Å². The van der Waals surface area contributed by atoms with Gasteiger partial charge in [-0.1, -0.05) is 32.0 Å². The number of carbonyl (C=O) groups is 1. The minimum atomic E-state index is -4.49. The lowest BCUT2D eigenvalue weighted by molar-refractivity contribution is -0.387. The van der Waals surface area contributed by atoms with Crippen molar-refractivity contribution in [3.05, 3.63) is 64.5 Å². The van der Waals surface area contributed by atoms with Crippen LogP contribution in [0.15, 0.2) is 53.7 Å². The molecule has 1 N–H and O–H groups in total. The molecule has 0 unspecified atom stereocenters. The SMILES string of the molecule is CC(C)[C@@H](C(=O)N(C)O)N(Cc1cccnc1)S(=O)(=O)c1ccccc1[N+](=O)[O-]. The number of amides is 1. The van der Waals surface area contributed by atoms with Crippen LogP contribution in [0.2, 0.25) is 0 Å². The number of aromatic nitrogens is 1. The van der Waals surface area contributed by atoms with Crippen molar-refractivity contribution in [2.45, 2.75) is 31.3 Å². The third-order valence-corrected chi connectivity index (χ3v) is 6.10. The van der Waals surface area contributed by atoms with Crippen molar-refractivity contribution in [1.82, 2.24) is 14.4 Å². The van der Waals surface area contributed by atoms with Gasteiger partial charge in [0.05, 0.1) is 4.92 Å². The lowest BCUT2D eigenvalue weighted by atomic mass is 10.0. The van der Waals surface area contributed by atoms with Crippen LogP contribution in [0.5, 0.6) is 0 Å². The van der Waals surface area contributed by atoms with Crippen molar-refractivity contribution in [1.29, 1.82) is 0 Å². The summed E-state index contributed by atoms with van der Waals surface area (Å²) >= 11 is 0. The van der Waals surface area contributed by atoms with Gasteiger partial charge in [0, 0.05) is 32.1 Å². The molecule has 1 aromatic carbocycles. The van der Waals surface area contributed by atoms with E-state index in [0.29, 0.717) is 10.6 Å². The number of para-hydroxylation sites is 1. The number of nitro groups is 1. The lowest BCUT2D eigenvalue weighted by Crippen LogP contribution is -2.51. The predicted molar refractivity (Wildman–Crippen MR) is 103 cm³/mol. The summed E-state index contributed by atoms with van der Waals surface area (Å²) in [7, 11) is -3.40. The zero-order valence-corrected chi connectivity index (χ0v) is 17.0. The summed E-state index contributed by atoms with van der Waals surface area (Å²) in [4.78, 5) is 26.6. The molecule has 11 heteroatoms. The highest BCUT2D eigenvalue weighted by molar-refractivity contribution is 7.89. The summed E-state index contributed by atoms with van der Waals surface area (Å²) in [6, 6.07) is 6.86. The molecule has 0 saturated heterocycles. The molecule has 0 fully saturated rings. The summed E-state index contributed by atoms with van der Waals surface area (Å²) in [5.74, 6) is -1.39. The van der Waals surface area contributed by atoms with Crippen LogP contribution in [-0.4, -0.2) is 51.9 Å². The number of rotatable bonds is 8. The van der Waals surface area contributed by atoms with Crippen molar-refractivity contribution < 1.29 is 23.3 Å². The smallest absolute Gasteiger partial charge is 0.286 e. The van der Waals surface area contributed by atoms with E-state index in [2.05, 4.69) is 4.98 Å². The molecule has 0 spiro atoms. The van der Waals surface area contributed by atoms with Gasteiger partial charge in [-0.2, -0.15) is 4.31 Å². The largest absolute Gasteiger partial charge is 0.289 e. The summed E-state index contributed by atoms with van der Waals surface area (Å²) in [6.45, 7) is 2.99.